The van der Waals surface area contributed by atoms with E-state index >= 15 is 0 Å². The van der Waals surface area contributed by atoms with Crippen LogP contribution in [0.25, 0.3) is 33.0 Å². The molecule has 0 amide bonds. The van der Waals surface area contributed by atoms with Gasteiger partial charge in [0.2, 0.25) is 0 Å². The fourth-order valence-corrected chi connectivity index (χ4v) is 3.50. The molecular weight excluding hydrogens is 338 g/mol. The number of benzene rings is 2. The maximum absolute atomic E-state index is 12.6. The predicted molar refractivity (Wildman–Crippen MR) is 111 cm³/mol. The largest absolute Gasteiger partial charge is 0.422 e. The fraction of sp³-hybridized carbons (Fsp3) is 0.182. The number of fused-ring (bicyclic) bond motifs is 3. The highest BCUT2D eigenvalue weighted by molar-refractivity contribution is 6.09. The highest BCUT2D eigenvalue weighted by Gasteiger charge is 2.15. The van der Waals surface area contributed by atoms with E-state index < -0.39 is 5.63 Å². The number of aromatic nitrogens is 1. The molecule has 0 aliphatic carbocycles. The summed E-state index contributed by atoms with van der Waals surface area (Å²) in [5, 5.41) is 1.95. The van der Waals surface area contributed by atoms with Crippen molar-refractivity contribution in [2.45, 2.75) is 13.8 Å². The highest BCUT2D eigenvalue weighted by Crippen LogP contribution is 2.31. The topological polar surface area (TPSA) is 72.4 Å². The van der Waals surface area contributed by atoms with Crippen LogP contribution in [0, 0.1) is 0 Å². The van der Waals surface area contributed by atoms with Crippen LogP contribution in [0.3, 0.4) is 0 Å². The van der Waals surface area contributed by atoms with E-state index in [2.05, 4.69) is 23.7 Å². The number of nitrogens with zero attached hydrogens (tertiary/aromatic N) is 2. The summed E-state index contributed by atoms with van der Waals surface area (Å²) in [6, 6.07) is 17.7. The second-order valence-electron chi connectivity index (χ2n) is 6.42. The Morgan fingerprint density at radius 1 is 1.00 bits per heavy atom. The van der Waals surface area contributed by atoms with E-state index in [1.54, 1.807) is 0 Å². The number of nitrogen functional groups attached to an aromatic ring is 1. The second kappa shape index (κ2) is 6.76. The zero-order valence-corrected chi connectivity index (χ0v) is 15.4. The maximum Gasteiger partial charge on any atom is 0.347 e. The normalized spacial score (nSPS) is 11.2. The predicted octanol–water partition coefficient (Wildman–Crippen LogP) is 4.44. The van der Waals surface area contributed by atoms with E-state index in [9.17, 15) is 4.79 Å². The molecule has 0 atom stereocenters. The number of hydrogen-bond donors (Lipinski definition) is 1. The molecular formula is C22H21N3O2. The lowest BCUT2D eigenvalue weighted by Gasteiger charge is -2.21. The molecule has 2 aromatic heterocycles. The molecule has 4 aromatic rings. The van der Waals surface area contributed by atoms with Crippen LogP contribution in [-0.4, -0.2) is 18.1 Å². The third-order valence-corrected chi connectivity index (χ3v) is 4.91. The van der Waals surface area contributed by atoms with Crippen LogP contribution in [0.5, 0.6) is 0 Å². The lowest BCUT2D eigenvalue weighted by Crippen LogP contribution is -2.21. The van der Waals surface area contributed by atoms with Gasteiger partial charge in [-0.15, -0.1) is 0 Å². The number of rotatable bonds is 4. The molecule has 2 heterocycles. The number of nitrogens with two attached hydrogens (primary N) is 1. The molecule has 0 fully saturated rings. The Kier molecular flexibility index (Phi) is 4.28. The van der Waals surface area contributed by atoms with Gasteiger partial charge in [-0.3, -0.25) is 0 Å². The van der Waals surface area contributed by atoms with Crippen molar-refractivity contribution in [3.63, 3.8) is 0 Å². The Morgan fingerprint density at radius 3 is 2.44 bits per heavy atom. The van der Waals surface area contributed by atoms with E-state index in [1.807, 2.05) is 54.6 Å². The first-order chi connectivity index (χ1) is 13.1. The summed E-state index contributed by atoms with van der Waals surface area (Å²) in [5.74, 6) is 0.190. The van der Waals surface area contributed by atoms with E-state index in [1.165, 1.54) is 0 Å². The average molecular weight is 359 g/mol. The third kappa shape index (κ3) is 2.91. The van der Waals surface area contributed by atoms with E-state index in [4.69, 9.17) is 10.2 Å². The minimum atomic E-state index is -0.459. The van der Waals surface area contributed by atoms with Crippen LogP contribution < -0.4 is 16.3 Å². The first-order valence-electron chi connectivity index (χ1n) is 9.09. The van der Waals surface area contributed by atoms with Gasteiger partial charge in [-0.2, -0.15) is 0 Å². The molecule has 4 rings (SSSR count). The van der Waals surface area contributed by atoms with Crippen molar-refractivity contribution in [1.29, 1.82) is 0 Å². The Bertz CT molecular complexity index is 1180. The molecule has 5 nitrogen and oxygen atoms in total. The van der Waals surface area contributed by atoms with Gasteiger partial charge in [-0.25, -0.2) is 9.78 Å². The minimum absolute atomic E-state index is 0.190. The van der Waals surface area contributed by atoms with Gasteiger partial charge in [0, 0.05) is 41.2 Å². The van der Waals surface area contributed by atoms with Gasteiger partial charge in [0.05, 0.1) is 5.69 Å². The number of hydrogen-bond acceptors (Lipinski definition) is 5. The molecule has 0 unspecified atom stereocenters. The third-order valence-electron chi connectivity index (χ3n) is 4.91. The van der Waals surface area contributed by atoms with Gasteiger partial charge >= 0.3 is 5.63 Å². The van der Waals surface area contributed by atoms with Gasteiger partial charge in [0.1, 0.15) is 16.8 Å². The molecule has 2 aromatic carbocycles. The minimum Gasteiger partial charge on any atom is -0.422 e. The van der Waals surface area contributed by atoms with Crippen LogP contribution >= 0.6 is 0 Å². The molecule has 27 heavy (non-hydrogen) atoms. The van der Waals surface area contributed by atoms with Crippen molar-refractivity contribution in [1.82, 2.24) is 4.98 Å². The van der Waals surface area contributed by atoms with Crippen LogP contribution in [0.4, 0.5) is 11.5 Å². The van der Waals surface area contributed by atoms with Crippen LogP contribution in [0.15, 0.2) is 63.8 Å². The first-order valence-corrected chi connectivity index (χ1v) is 9.09. The molecule has 0 spiro atoms. The molecule has 0 saturated heterocycles. The fourth-order valence-electron chi connectivity index (χ4n) is 3.50. The van der Waals surface area contributed by atoms with Crippen molar-refractivity contribution in [2.75, 3.05) is 23.7 Å². The zero-order valence-electron chi connectivity index (χ0n) is 15.4. The van der Waals surface area contributed by atoms with Gasteiger partial charge in [0.15, 0.2) is 0 Å². The molecule has 0 aliphatic heterocycles. The van der Waals surface area contributed by atoms with Crippen LogP contribution in [0.1, 0.15) is 13.8 Å². The van der Waals surface area contributed by atoms with Crippen LogP contribution in [-0.2, 0) is 0 Å². The van der Waals surface area contributed by atoms with Gasteiger partial charge in [-0.05, 0) is 32.0 Å². The zero-order chi connectivity index (χ0) is 19.0. The lowest BCUT2D eigenvalue weighted by molar-refractivity contribution is 0.569. The van der Waals surface area contributed by atoms with Gasteiger partial charge < -0.3 is 15.1 Å². The summed E-state index contributed by atoms with van der Waals surface area (Å²) in [5.41, 5.74) is 8.94. The number of pyridine rings is 1. The first kappa shape index (κ1) is 17.1. The van der Waals surface area contributed by atoms with Crippen molar-refractivity contribution < 1.29 is 4.42 Å². The van der Waals surface area contributed by atoms with Crippen LogP contribution in [0.2, 0.25) is 0 Å². The molecule has 0 saturated carbocycles. The summed E-state index contributed by atoms with van der Waals surface area (Å²) in [6.07, 6.45) is 0. The Balaban J connectivity index is 2.02. The van der Waals surface area contributed by atoms with Gasteiger partial charge in [0.25, 0.3) is 0 Å². The summed E-state index contributed by atoms with van der Waals surface area (Å²) >= 11 is 0. The Hall–Kier alpha value is -3.34. The standard InChI is InChI=1S/C22H21N3O2/c1-3-25(4-2)15-10-11-16-17-13-18(14-8-6-5-7-9-14)24-21(23)20(17)22(26)27-19(16)12-15/h5-13H,3-4H2,1-2H3,(H2,23,24). The van der Waals surface area contributed by atoms with Crippen molar-refractivity contribution in [3.05, 3.63) is 65.0 Å². The molecule has 0 radical (unpaired) electrons. The summed E-state index contributed by atoms with van der Waals surface area (Å²) in [6.45, 7) is 5.97. The Labute approximate surface area is 157 Å². The average Bonchev–Trinajstić information content (AvgIpc) is 2.69. The van der Waals surface area contributed by atoms with E-state index in [-0.39, 0.29) is 5.82 Å². The number of anilines is 2. The maximum atomic E-state index is 12.6. The smallest absolute Gasteiger partial charge is 0.347 e. The van der Waals surface area contributed by atoms with E-state index in [0.717, 1.165) is 40.8 Å². The summed E-state index contributed by atoms with van der Waals surface area (Å²) in [4.78, 5) is 19.2. The Morgan fingerprint density at radius 2 is 1.74 bits per heavy atom. The van der Waals surface area contributed by atoms with Crippen molar-refractivity contribution >= 4 is 33.2 Å². The van der Waals surface area contributed by atoms with Gasteiger partial charge in [-0.1, -0.05) is 30.3 Å². The lowest BCUT2D eigenvalue weighted by atomic mass is 10.0. The van der Waals surface area contributed by atoms with Crippen molar-refractivity contribution in [3.8, 4) is 11.3 Å². The SMILES string of the molecule is CCN(CC)c1ccc2c(c1)oc(=O)c1c(N)nc(-c3ccccc3)cc12. The quantitative estimate of drug-likeness (QED) is 0.431. The summed E-state index contributed by atoms with van der Waals surface area (Å²) < 4.78 is 5.58. The molecule has 2 N–H and O–H groups in total. The molecule has 0 aliphatic rings. The molecule has 5 heteroatoms. The van der Waals surface area contributed by atoms with E-state index in [0.29, 0.717) is 11.0 Å². The second-order valence-corrected chi connectivity index (χ2v) is 6.42. The monoisotopic (exact) mass is 359 g/mol. The molecule has 136 valence electrons. The summed E-state index contributed by atoms with van der Waals surface area (Å²) in [7, 11) is 0. The molecule has 0 bridgehead atoms. The highest BCUT2D eigenvalue weighted by atomic mass is 16.4. The van der Waals surface area contributed by atoms with Crippen molar-refractivity contribution in [2.24, 2.45) is 0 Å².